The fraction of sp³-hybridized carbons (Fsp3) is 0.333. The quantitative estimate of drug-likeness (QED) is 0.683. The number of rotatable bonds is 5. The van der Waals surface area contributed by atoms with Crippen molar-refractivity contribution in [1.82, 2.24) is 14.1 Å². The number of fused-ring (bicyclic) bond motifs is 1. The summed E-state index contributed by atoms with van der Waals surface area (Å²) in [6.45, 7) is 1.23. The molecule has 156 valence electrons. The summed E-state index contributed by atoms with van der Waals surface area (Å²) in [6, 6.07) is 8.51. The first-order chi connectivity index (χ1) is 14.4. The third-order valence-electron chi connectivity index (χ3n) is 5.11. The molecular weight excluding hydrogens is 388 g/mol. The van der Waals surface area contributed by atoms with Gasteiger partial charge in [0.2, 0.25) is 0 Å². The number of anilines is 1. The molecule has 0 radical (unpaired) electrons. The standard InChI is InChI=1S/C21H22N4O5/c1-24-18-17(20(27)25(2)21(24)28)9-13(11-22-18)19(26)23-14-5-3-6-15(10-14)30-12-16-7-4-8-29-16/h3,5-6,9-11,16H,4,7-8,12H2,1-2H3,(H,23,26). The lowest BCUT2D eigenvalue weighted by atomic mass is 10.2. The first-order valence-electron chi connectivity index (χ1n) is 9.65. The van der Waals surface area contributed by atoms with Gasteiger partial charge >= 0.3 is 5.69 Å². The van der Waals surface area contributed by atoms with Gasteiger partial charge in [0.1, 0.15) is 18.0 Å². The number of benzene rings is 1. The number of carbonyl (C=O) groups excluding carboxylic acids is 1. The Kier molecular flexibility index (Phi) is 5.37. The van der Waals surface area contributed by atoms with Crippen molar-refractivity contribution in [2.24, 2.45) is 14.1 Å². The van der Waals surface area contributed by atoms with E-state index in [9.17, 15) is 14.4 Å². The van der Waals surface area contributed by atoms with Crippen molar-refractivity contribution in [2.45, 2.75) is 18.9 Å². The molecule has 1 amide bonds. The van der Waals surface area contributed by atoms with E-state index in [0.717, 1.165) is 24.0 Å². The predicted octanol–water partition coefficient (Wildman–Crippen LogP) is 1.44. The molecule has 1 atom stereocenters. The first-order valence-corrected chi connectivity index (χ1v) is 9.65. The largest absolute Gasteiger partial charge is 0.491 e. The van der Waals surface area contributed by atoms with Gasteiger partial charge in [-0.1, -0.05) is 6.07 Å². The van der Waals surface area contributed by atoms with Gasteiger partial charge in [-0.05, 0) is 31.0 Å². The summed E-state index contributed by atoms with van der Waals surface area (Å²) in [4.78, 5) is 41.3. The maximum atomic E-state index is 12.7. The van der Waals surface area contributed by atoms with E-state index in [1.165, 1.54) is 30.9 Å². The van der Waals surface area contributed by atoms with Gasteiger partial charge in [0, 0.05) is 38.7 Å². The Labute approximate surface area is 171 Å². The Bertz CT molecular complexity index is 1220. The van der Waals surface area contributed by atoms with Gasteiger partial charge < -0.3 is 14.8 Å². The number of amides is 1. The van der Waals surface area contributed by atoms with Gasteiger partial charge in [-0.3, -0.25) is 18.7 Å². The third-order valence-corrected chi connectivity index (χ3v) is 5.11. The molecule has 1 N–H and O–H groups in total. The molecule has 3 heterocycles. The van der Waals surface area contributed by atoms with Crippen LogP contribution in [0.4, 0.5) is 5.69 Å². The molecule has 0 bridgehead atoms. The molecule has 30 heavy (non-hydrogen) atoms. The minimum Gasteiger partial charge on any atom is -0.491 e. The van der Waals surface area contributed by atoms with Crippen molar-refractivity contribution in [3.05, 3.63) is 62.9 Å². The topological polar surface area (TPSA) is 104 Å². The maximum absolute atomic E-state index is 12.7. The lowest BCUT2D eigenvalue weighted by molar-refractivity contribution is 0.0680. The molecular formula is C21H22N4O5. The van der Waals surface area contributed by atoms with Crippen molar-refractivity contribution >= 4 is 22.6 Å². The molecule has 9 heteroatoms. The summed E-state index contributed by atoms with van der Waals surface area (Å²) in [5.41, 5.74) is 0.0169. The Hall–Kier alpha value is -3.46. The van der Waals surface area contributed by atoms with Gasteiger partial charge in [0.15, 0.2) is 0 Å². The number of hydrogen-bond donors (Lipinski definition) is 1. The Morgan fingerprint density at radius 3 is 2.87 bits per heavy atom. The molecule has 3 aromatic rings. The second kappa shape index (κ2) is 8.11. The van der Waals surface area contributed by atoms with Crippen molar-refractivity contribution in [2.75, 3.05) is 18.5 Å². The van der Waals surface area contributed by atoms with Crippen LogP contribution in [-0.2, 0) is 18.8 Å². The number of aryl methyl sites for hydroxylation is 1. The fourth-order valence-corrected chi connectivity index (χ4v) is 3.42. The van der Waals surface area contributed by atoms with Gasteiger partial charge in [-0.25, -0.2) is 9.78 Å². The van der Waals surface area contributed by atoms with Crippen LogP contribution in [0.5, 0.6) is 5.75 Å². The molecule has 1 unspecified atom stereocenters. The molecule has 9 nitrogen and oxygen atoms in total. The van der Waals surface area contributed by atoms with Gasteiger partial charge in [0.05, 0.1) is 17.1 Å². The van der Waals surface area contributed by atoms with Crippen LogP contribution in [0.3, 0.4) is 0 Å². The number of nitrogens with one attached hydrogen (secondary N) is 1. The van der Waals surface area contributed by atoms with E-state index in [1.54, 1.807) is 18.2 Å². The van der Waals surface area contributed by atoms with Crippen LogP contribution in [0.25, 0.3) is 11.0 Å². The molecule has 1 fully saturated rings. The van der Waals surface area contributed by atoms with E-state index in [2.05, 4.69) is 10.3 Å². The second-order valence-corrected chi connectivity index (χ2v) is 7.23. The summed E-state index contributed by atoms with van der Waals surface area (Å²) < 4.78 is 13.6. The molecule has 0 aliphatic carbocycles. The lowest BCUT2D eigenvalue weighted by Crippen LogP contribution is -2.37. The average molecular weight is 410 g/mol. The van der Waals surface area contributed by atoms with Gasteiger partial charge in [-0.2, -0.15) is 0 Å². The molecule has 4 rings (SSSR count). The number of carbonyl (C=O) groups is 1. The molecule has 0 spiro atoms. The maximum Gasteiger partial charge on any atom is 0.332 e. The number of ether oxygens (including phenoxy) is 2. The summed E-state index contributed by atoms with van der Waals surface area (Å²) in [6.07, 6.45) is 3.47. The van der Waals surface area contributed by atoms with E-state index >= 15 is 0 Å². The highest BCUT2D eigenvalue weighted by Crippen LogP contribution is 2.20. The van der Waals surface area contributed by atoms with Crippen LogP contribution in [0, 0.1) is 0 Å². The van der Waals surface area contributed by atoms with Crippen LogP contribution in [0.15, 0.2) is 46.1 Å². The van der Waals surface area contributed by atoms with E-state index in [4.69, 9.17) is 9.47 Å². The zero-order chi connectivity index (χ0) is 21.3. The van der Waals surface area contributed by atoms with Crippen LogP contribution in [0.2, 0.25) is 0 Å². The van der Waals surface area contributed by atoms with Gasteiger partial charge in [0.25, 0.3) is 11.5 Å². The van der Waals surface area contributed by atoms with Crippen LogP contribution >= 0.6 is 0 Å². The summed E-state index contributed by atoms with van der Waals surface area (Å²) in [5.74, 6) is 0.209. The summed E-state index contributed by atoms with van der Waals surface area (Å²) in [7, 11) is 2.91. The first kappa shape index (κ1) is 19.8. The zero-order valence-electron chi connectivity index (χ0n) is 16.8. The highest BCUT2D eigenvalue weighted by Gasteiger charge is 2.17. The Morgan fingerprint density at radius 2 is 2.10 bits per heavy atom. The van der Waals surface area contributed by atoms with E-state index in [0.29, 0.717) is 18.0 Å². The van der Waals surface area contributed by atoms with Gasteiger partial charge in [-0.15, -0.1) is 0 Å². The number of pyridine rings is 1. The molecule has 1 saturated heterocycles. The van der Waals surface area contributed by atoms with E-state index in [-0.39, 0.29) is 22.7 Å². The molecule has 2 aromatic heterocycles. The average Bonchev–Trinajstić information content (AvgIpc) is 3.28. The summed E-state index contributed by atoms with van der Waals surface area (Å²) in [5, 5.41) is 2.98. The Balaban J connectivity index is 1.54. The van der Waals surface area contributed by atoms with Crippen molar-refractivity contribution in [3.8, 4) is 5.75 Å². The number of nitrogens with zero attached hydrogens (tertiary/aromatic N) is 3. The SMILES string of the molecule is Cn1c(=O)c2cc(C(=O)Nc3cccc(OCC4CCCO4)c3)cnc2n(C)c1=O. The Morgan fingerprint density at radius 1 is 1.27 bits per heavy atom. The second-order valence-electron chi connectivity index (χ2n) is 7.23. The van der Waals surface area contributed by atoms with E-state index < -0.39 is 17.2 Å². The molecule has 1 aliphatic heterocycles. The monoisotopic (exact) mass is 410 g/mol. The minimum atomic E-state index is -0.500. The van der Waals surface area contributed by atoms with Crippen LogP contribution in [0.1, 0.15) is 23.2 Å². The van der Waals surface area contributed by atoms with Crippen molar-refractivity contribution in [3.63, 3.8) is 0 Å². The predicted molar refractivity (Wildman–Crippen MR) is 111 cm³/mol. The number of aromatic nitrogens is 3. The molecule has 1 aliphatic rings. The highest BCUT2D eigenvalue weighted by molar-refractivity contribution is 6.05. The minimum absolute atomic E-state index is 0.102. The molecule has 0 saturated carbocycles. The third kappa shape index (κ3) is 3.84. The molecule has 1 aromatic carbocycles. The highest BCUT2D eigenvalue weighted by atomic mass is 16.5. The normalized spacial score (nSPS) is 16.0. The fourth-order valence-electron chi connectivity index (χ4n) is 3.42. The lowest BCUT2D eigenvalue weighted by Gasteiger charge is -2.13. The number of hydrogen-bond acceptors (Lipinski definition) is 6. The smallest absolute Gasteiger partial charge is 0.332 e. The zero-order valence-corrected chi connectivity index (χ0v) is 16.8. The summed E-state index contributed by atoms with van der Waals surface area (Å²) >= 11 is 0. The van der Waals surface area contributed by atoms with Crippen molar-refractivity contribution in [1.29, 1.82) is 0 Å². The van der Waals surface area contributed by atoms with Crippen LogP contribution in [-0.4, -0.2) is 39.3 Å². The van der Waals surface area contributed by atoms with Crippen LogP contribution < -0.4 is 21.3 Å². The van der Waals surface area contributed by atoms with E-state index in [1.807, 2.05) is 6.07 Å². The van der Waals surface area contributed by atoms with Crippen molar-refractivity contribution < 1.29 is 14.3 Å².